The van der Waals surface area contributed by atoms with Gasteiger partial charge in [0.15, 0.2) is 5.16 Å². The van der Waals surface area contributed by atoms with Crippen molar-refractivity contribution in [2.45, 2.75) is 56.3 Å². The Labute approximate surface area is 163 Å². The average Bonchev–Trinajstić information content (AvgIpc) is 3.42. The van der Waals surface area contributed by atoms with E-state index in [0.29, 0.717) is 11.8 Å². The van der Waals surface area contributed by atoms with Gasteiger partial charge in [-0.25, -0.2) is 4.98 Å². The van der Waals surface area contributed by atoms with Gasteiger partial charge in [0, 0.05) is 19.1 Å². The molecular weight excluding hydrogens is 360 g/mol. The van der Waals surface area contributed by atoms with Crippen LogP contribution in [0.25, 0.3) is 11.0 Å². The van der Waals surface area contributed by atoms with Crippen LogP contribution in [0.4, 0.5) is 0 Å². The number of hydrogen-bond donors (Lipinski definition) is 1. The average molecular weight is 387 g/mol. The Hall–Kier alpha value is -2.02. The maximum atomic E-state index is 12.7. The molecule has 0 bridgehead atoms. The summed E-state index contributed by atoms with van der Waals surface area (Å²) in [6.45, 7) is 1.97. The zero-order chi connectivity index (χ0) is 18.6. The van der Waals surface area contributed by atoms with Gasteiger partial charge in [0.05, 0.1) is 16.8 Å². The molecule has 1 aliphatic carbocycles. The molecule has 1 saturated carbocycles. The lowest BCUT2D eigenvalue weighted by Gasteiger charge is -2.17. The molecule has 144 valence electrons. The molecule has 2 amide bonds. The van der Waals surface area contributed by atoms with Crippen molar-refractivity contribution >= 4 is 34.6 Å². The molecule has 1 N–H and O–H groups in total. The van der Waals surface area contributed by atoms with Crippen LogP contribution in [-0.4, -0.2) is 51.1 Å². The van der Waals surface area contributed by atoms with Gasteiger partial charge in [-0.05, 0) is 37.8 Å². The standard InChI is InChI=1S/C20H26N4O2S/c25-18(21-15-7-1-2-8-15)14-27-20-22-16-9-3-4-10-17(16)24(20)13-19(26)23-11-5-6-12-23/h3-4,9-10,15H,1-2,5-8,11-14H2,(H,21,25). The van der Waals surface area contributed by atoms with Crippen molar-refractivity contribution in [3.63, 3.8) is 0 Å². The van der Waals surface area contributed by atoms with Crippen molar-refractivity contribution in [2.24, 2.45) is 0 Å². The number of thioether (sulfide) groups is 1. The van der Waals surface area contributed by atoms with Gasteiger partial charge in [-0.15, -0.1) is 0 Å². The first-order valence-corrected chi connectivity index (χ1v) is 10.8. The predicted molar refractivity (Wildman–Crippen MR) is 107 cm³/mol. The van der Waals surface area contributed by atoms with Gasteiger partial charge in [-0.1, -0.05) is 36.7 Å². The van der Waals surface area contributed by atoms with E-state index in [1.165, 1.54) is 24.6 Å². The molecule has 1 aromatic heterocycles. The molecule has 6 nitrogen and oxygen atoms in total. The summed E-state index contributed by atoms with van der Waals surface area (Å²) in [4.78, 5) is 31.5. The number of imidazole rings is 1. The molecule has 2 aromatic rings. The van der Waals surface area contributed by atoms with Crippen LogP contribution in [0.1, 0.15) is 38.5 Å². The third-order valence-electron chi connectivity index (χ3n) is 5.42. The van der Waals surface area contributed by atoms with Gasteiger partial charge in [0.2, 0.25) is 11.8 Å². The minimum absolute atomic E-state index is 0.0522. The summed E-state index contributed by atoms with van der Waals surface area (Å²) in [6.07, 6.45) is 6.73. The Bertz CT molecular complexity index is 822. The van der Waals surface area contributed by atoms with Gasteiger partial charge >= 0.3 is 0 Å². The SMILES string of the molecule is O=C(CSc1nc2ccccc2n1CC(=O)N1CCCC1)NC1CCCC1. The number of likely N-dealkylation sites (tertiary alicyclic amines) is 1. The first kappa shape index (κ1) is 18.3. The van der Waals surface area contributed by atoms with Crippen molar-refractivity contribution in [1.29, 1.82) is 0 Å². The molecule has 0 unspecified atom stereocenters. The van der Waals surface area contributed by atoms with E-state index in [2.05, 4.69) is 10.3 Å². The minimum atomic E-state index is 0.0522. The van der Waals surface area contributed by atoms with Crippen molar-refractivity contribution < 1.29 is 9.59 Å². The van der Waals surface area contributed by atoms with Gasteiger partial charge in [-0.2, -0.15) is 0 Å². The molecule has 7 heteroatoms. The molecule has 0 atom stereocenters. The normalized spacial score (nSPS) is 17.7. The molecule has 2 aliphatic rings. The van der Waals surface area contributed by atoms with E-state index in [4.69, 9.17) is 0 Å². The van der Waals surface area contributed by atoms with Crippen molar-refractivity contribution in [1.82, 2.24) is 19.8 Å². The number of nitrogens with one attached hydrogen (secondary N) is 1. The van der Waals surface area contributed by atoms with Crippen LogP contribution in [0.15, 0.2) is 29.4 Å². The van der Waals surface area contributed by atoms with Crippen LogP contribution in [0, 0.1) is 0 Å². The first-order valence-electron chi connectivity index (χ1n) is 9.86. The molecule has 1 aromatic carbocycles. The number of amides is 2. The highest BCUT2D eigenvalue weighted by molar-refractivity contribution is 7.99. The Kier molecular flexibility index (Phi) is 5.66. The molecule has 27 heavy (non-hydrogen) atoms. The zero-order valence-corrected chi connectivity index (χ0v) is 16.3. The van der Waals surface area contributed by atoms with Crippen molar-refractivity contribution in [3.8, 4) is 0 Å². The zero-order valence-electron chi connectivity index (χ0n) is 15.5. The fourth-order valence-electron chi connectivity index (χ4n) is 3.99. The van der Waals surface area contributed by atoms with E-state index in [9.17, 15) is 9.59 Å². The highest BCUT2D eigenvalue weighted by Gasteiger charge is 2.22. The monoisotopic (exact) mass is 386 g/mol. The predicted octanol–water partition coefficient (Wildman–Crippen LogP) is 2.81. The van der Waals surface area contributed by atoms with Crippen LogP contribution >= 0.6 is 11.8 Å². The van der Waals surface area contributed by atoms with Crippen LogP contribution in [0.3, 0.4) is 0 Å². The smallest absolute Gasteiger partial charge is 0.242 e. The molecule has 1 saturated heterocycles. The van der Waals surface area contributed by atoms with Gasteiger partial charge in [0.25, 0.3) is 0 Å². The Morgan fingerprint density at radius 2 is 1.85 bits per heavy atom. The van der Waals surface area contributed by atoms with Gasteiger partial charge in [-0.3, -0.25) is 9.59 Å². The Morgan fingerprint density at radius 3 is 2.63 bits per heavy atom. The topological polar surface area (TPSA) is 67.2 Å². The summed E-state index contributed by atoms with van der Waals surface area (Å²) in [5.74, 6) is 0.516. The summed E-state index contributed by atoms with van der Waals surface area (Å²) in [5.41, 5.74) is 1.81. The summed E-state index contributed by atoms with van der Waals surface area (Å²) >= 11 is 1.42. The summed E-state index contributed by atoms with van der Waals surface area (Å²) in [5, 5.41) is 3.86. The lowest BCUT2D eigenvalue weighted by molar-refractivity contribution is -0.130. The lowest BCUT2D eigenvalue weighted by Crippen LogP contribution is -2.34. The number of hydrogen-bond acceptors (Lipinski definition) is 4. The van der Waals surface area contributed by atoms with Crippen molar-refractivity contribution in [2.75, 3.05) is 18.8 Å². The van der Waals surface area contributed by atoms with Crippen LogP contribution < -0.4 is 5.32 Å². The van der Waals surface area contributed by atoms with Crippen LogP contribution in [0.5, 0.6) is 0 Å². The molecule has 4 rings (SSSR count). The highest BCUT2D eigenvalue weighted by atomic mass is 32.2. The number of carbonyl (C=O) groups excluding carboxylic acids is 2. The molecule has 2 fully saturated rings. The number of para-hydroxylation sites is 2. The number of aromatic nitrogens is 2. The van der Waals surface area contributed by atoms with E-state index >= 15 is 0 Å². The fourth-order valence-corrected chi connectivity index (χ4v) is 4.81. The molecule has 1 aliphatic heterocycles. The second-order valence-electron chi connectivity index (χ2n) is 7.39. The van der Waals surface area contributed by atoms with Crippen LogP contribution in [0.2, 0.25) is 0 Å². The molecular formula is C20H26N4O2S. The third kappa shape index (κ3) is 4.29. The largest absolute Gasteiger partial charge is 0.353 e. The molecule has 0 radical (unpaired) electrons. The third-order valence-corrected chi connectivity index (χ3v) is 6.40. The molecule has 0 spiro atoms. The Morgan fingerprint density at radius 1 is 1.11 bits per heavy atom. The van der Waals surface area contributed by atoms with E-state index in [0.717, 1.165) is 55.0 Å². The quantitative estimate of drug-likeness (QED) is 0.775. The second-order valence-corrected chi connectivity index (χ2v) is 8.34. The Balaban J connectivity index is 1.47. The number of carbonyl (C=O) groups is 2. The second kappa shape index (κ2) is 8.33. The number of rotatable bonds is 6. The minimum Gasteiger partial charge on any atom is -0.353 e. The molecule has 2 heterocycles. The van der Waals surface area contributed by atoms with Gasteiger partial charge < -0.3 is 14.8 Å². The fraction of sp³-hybridized carbons (Fsp3) is 0.550. The maximum Gasteiger partial charge on any atom is 0.242 e. The maximum absolute atomic E-state index is 12.7. The lowest BCUT2D eigenvalue weighted by atomic mass is 10.2. The van der Waals surface area contributed by atoms with Crippen LogP contribution in [-0.2, 0) is 16.1 Å². The van der Waals surface area contributed by atoms with Gasteiger partial charge in [0.1, 0.15) is 6.54 Å². The van der Waals surface area contributed by atoms with E-state index in [1.807, 2.05) is 33.7 Å². The summed E-state index contributed by atoms with van der Waals surface area (Å²) in [7, 11) is 0. The number of fused-ring (bicyclic) bond motifs is 1. The van der Waals surface area contributed by atoms with E-state index < -0.39 is 0 Å². The van der Waals surface area contributed by atoms with Crippen molar-refractivity contribution in [3.05, 3.63) is 24.3 Å². The summed E-state index contributed by atoms with van der Waals surface area (Å²) in [6, 6.07) is 8.18. The number of benzene rings is 1. The first-order chi connectivity index (χ1) is 13.2. The number of nitrogens with zero attached hydrogens (tertiary/aromatic N) is 3. The summed E-state index contributed by atoms with van der Waals surface area (Å²) < 4.78 is 1.96. The highest BCUT2D eigenvalue weighted by Crippen LogP contribution is 2.25. The van der Waals surface area contributed by atoms with E-state index in [-0.39, 0.29) is 18.4 Å². The van der Waals surface area contributed by atoms with E-state index in [1.54, 1.807) is 0 Å².